The van der Waals surface area contributed by atoms with Crippen molar-refractivity contribution in [1.82, 2.24) is 5.32 Å². The molecule has 1 N–H and O–H groups in total. The molecule has 0 heterocycles. The first-order valence-corrected chi connectivity index (χ1v) is 4.87. The van der Waals surface area contributed by atoms with E-state index < -0.39 is 0 Å². The third kappa shape index (κ3) is 2.98. The van der Waals surface area contributed by atoms with Gasteiger partial charge in [-0.05, 0) is 31.6 Å². The van der Waals surface area contributed by atoms with Crippen LogP contribution in [-0.4, -0.2) is 12.6 Å². The SMILES string of the molecule is C=C(C)CNC1CCC(C)(C)C1. The summed E-state index contributed by atoms with van der Waals surface area (Å²) >= 11 is 0. The van der Waals surface area contributed by atoms with Crippen molar-refractivity contribution in [1.29, 1.82) is 0 Å². The van der Waals surface area contributed by atoms with Crippen LogP contribution in [0.15, 0.2) is 12.2 Å². The Morgan fingerprint density at radius 1 is 1.58 bits per heavy atom. The zero-order valence-corrected chi connectivity index (χ0v) is 8.61. The van der Waals surface area contributed by atoms with Crippen molar-refractivity contribution in [2.45, 2.75) is 46.1 Å². The van der Waals surface area contributed by atoms with E-state index in [1.165, 1.54) is 24.8 Å². The number of nitrogens with one attached hydrogen (secondary N) is 1. The largest absolute Gasteiger partial charge is 0.310 e. The summed E-state index contributed by atoms with van der Waals surface area (Å²) in [6.45, 7) is 11.7. The minimum atomic E-state index is 0.562. The van der Waals surface area contributed by atoms with E-state index in [1.54, 1.807) is 0 Å². The van der Waals surface area contributed by atoms with Crippen molar-refractivity contribution in [2.75, 3.05) is 6.54 Å². The Hall–Kier alpha value is -0.300. The average molecular weight is 167 g/mol. The molecule has 1 aliphatic carbocycles. The van der Waals surface area contributed by atoms with Crippen LogP contribution in [0.4, 0.5) is 0 Å². The zero-order valence-electron chi connectivity index (χ0n) is 8.61. The Balaban J connectivity index is 2.24. The van der Waals surface area contributed by atoms with E-state index in [2.05, 4.69) is 32.7 Å². The van der Waals surface area contributed by atoms with Crippen LogP contribution in [0.5, 0.6) is 0 Å². The molecule has 0 amide bonds. The van der Waals surface area contributed by atoms with Gasteiger partial charge in [0.15, 0.2) is 0 Å². The Morgan fingerprint density at radius 3 is 2.67 bits per heavy atom. The molecule has 12 heavy (non-hydrogen) atoms. The van der Waals surface area contributed by atoms with Gasteiger partial charge in [-0.15, -0.1) is 0 Å². The molecule has 0 aromatic heterocycles. The monoisotopic (exact) mass is 167 g/mol. The first kappa shape index (κ1) is 9.79. The standard InChI is InChI=1S/C11H21N/c1-9(2)8-12-10-5-6-11(3,4)7-10/h10,12H,1,5-8H2,2-4H3. The van der Waals surface area contributed by atoms with Gasteiger partial charge in [0.2, 0.25) is 0 Å². The molecule has 70 valence electrons. The fraction of sp³-hybridized carbons (Fsp3) is 0.818. The topological polar surface area (TPSA) is 12.0 Å². The predicted molar refractivity (Wildman–Crippen MR) is 54.2 cm³/mol. The lowest BCUT2D eigenvalue weighted by molar-refractivity contribution is 0.366. The van der Waals surface area contributed by atoms with Gasteiger partial charge in [-0.2, -0.15) is 0 Å². The maximum Gasteiger partial charge on any atom is 0.0161 e. The van der Waals surface area contributed by atoms with E-state index >= 15 is 0 Å². The van der Waals surface area contributed by atoms with Crippen LogP contribution in [0.3, 0.4) is 0 Å². The van der Waals surface area contributed by atoms with E-state index in [1.807, 2.05) is 0 Å². The fourth-order valence-electron chi connectivity index (χ4n) is 1.93. The molecule has 1 rings (SSSR count). The van der Waals surface area contributed by atoms with Crippen molar-refractivity contribution < 1.29 is 0 Å². The average Bonchev–Trinajstić information content (AvgIpc) is 2.26. The van der Waals surface area contributed by atoms with Gasteiger partial charge in [0.05, 0.1) is 0 Å². The molecule has 0 aromatic carbocycles. The van der Waals surface area contributed by atoms with Gasteiger partial charge in [-0.1, -0.05) is 26.0 Å². The third-order valence-corrected chi connectivity index (χ3v) is 2.66. The lowest BCUT2D eigenvalue weighted by Gasteiger charge is -2.17. The highest BCUT2D eigenvalue weighted by Gasteiger charge is 2.30. The zero-order chi connectivity index (χ0) is 9.19. The first-order valence-electron chi connectivity index (χ1n) is 4.87. The Kier molecular flexibility index (Phi) is 2.94. The van der Waals surface area contributed by atoms with Crippen molar-refractivity contribution in [3.05, 3.63) is 12.2 Å². The Labute approximate surface area is 76.2 Å². The van der Waals surface area contributed by atoms with E-state index in [-0.39, 0.29) is 0 Å². The van der Waals surface area contributed by atoms with E-state index in [0.717, 1.165) is 12.6 Å². The molecule has 1 aliphatic rings. The second-order valence-corrected chi connectivity index (χ2v) is 4.94. The molecule has 0 aliphatic heterocycles. The second-order valence-electron chi connectivity index (χ2n) is 4.94. The highest BCUT2D eigenvalue weighted by atomic mass is 14.9. The first-order chi connectivity index (χ1) is 5.49. The van der Waals surface area contributed by atoms with Crippen LogP contribution >= 0.6 is 0 Å². The van der Waals surface area contributed by atoms with Crippen molar-refractivity contribution in [3.8, 4) is 0 Å². The summed E-state index contributed by atoms with van der Waals surface area (Å²) in [5.74, 6) is 0. The molecule has 1 fully saturated rings. The smallest absolute Gasteiger partial charge is 0.0161 e. The molecule has 1 unspecified atom stereocenters. The van der Waals surface area contributed by atoms with Crippen molar-refractivity contribution in [3.63, 3.8) is 0 Å². The van der Waals surface area contributed by atoms with Gasteiger partial charge in [-0.3, -0.25) is 0 Å². The van der Waals surface area contributed by atoms with Crippen LogP contribution in [0.25, 0.3) is 0 Å². The highest BCUT2D eigenvalue weighted by molar-refractivity contribution is 4.94. The Morgan fingerprint density at radius 2 is 2.25 bits per heavy atom. The summed E-state index contributed by atoms with van der Waals surface area (Å²) in [7, 11) is 0. The van der Waals surface area contributed by atoms with Gasteiger partial charge in [0, 0.05) is 12.6 Å². The molecule has 1 atom stereocenters. The summed E-state index contributed by atoms with van der Waals surface area (Å²) in [5.41, 5.74) is 1.80. The summed E-state index contributed by atoms with van der Waals surface area (Å²) in [6, 6.07) is 0.733. The van der Waals surface area contributed by atoms with Crippen LogP contribution in [0, 0.1) is 5.41 Å². The Bertz CT molecular complexity index is 170. The number of hydrogen-bond donors (Lipinski definition) is 1. The maximum absolute atomic E-state index is 3.89. The lowest BCUT2D eigenvalue weighted by atomic mass is 9.92. The van der Waals surface area contributed by atoms with E-state index in [9.17, 15) is 0 Å². The predicted octanol–water partition coefficient (Wildman–Crippen LogP) is 2.73. The molecule has 1 nitrogen and oxygen atoms in total. The van der Waals surface area contributed by atoms with Gasteiger partial charge in [0.25, 0.3) is 0 Å². The summed E-state index contributed by atoms with van der Waals surface area (Å²) in [4.78, 5) is 0. The molecule has 0 bridgehead atoms. The molecule has 0 aromatic rings. The van der Waals surface area contributed by atoms with Crippen molar-refractivity contribution in [2.24, 2.45) is 5.41 Å². The molecular formula is C11H21N. The second kappa shape index (κ2) is 3.61. The van der Waals surface area contributed by atoms with Crippen LogP contribution in [0.1, 0.15) is 40.0 Å². The minimum absolute atomic E-state index is 0.562. The molecular weight excluding hydrogens is 146 g/mol. The molecule has 1 saturated carbocycles. The van der Waals surface area contributed by atoms with Crippen molar-refractivity contribution >= 4 is 0 Å². The lowest BCUT2D eigenvalue weighted by Crippen LogP contribution is -2.28. The molecule has 0 radical (unpaired) electrons. The molecule has 0 spiro atoms. The van der Waals surface area contributed by atoms with Gasteiger partial charge >= 0.3 is 0 Å². The van der Waals surface area contributed by atoms with Crippen LogP contribution < -0.4 is 5.32 Å². The van der Waals surface area contributed by atoms with Crippen LogP contribution in [0.2, 0.25) is 0 Å². The van der Waals surface area contributed by atoms with Gasteiger partial charge < -0.3 is 5.32 Å². The quantitative estimate of drug-likeness (QED) is 0.637. The minimum Gasteiger partial charge on any atom is -0.310 e. The summed E-state index contributed by atoms with van der Waals surface area (Å²) in [6.07, 6.45) is 4.02. The normalized spacial score (nSPS) is 27.4. The van der Waals surface area contributed by atoms with E-state index in [4.69, 9.17) is 0 Å². The fourth-order valence-corrected chi connectivity index (χ4v) is 1.93. The maximum atomic E-state index is 3.89. The number of rotatable bonds is 3. The summed E-state index contributed by atoms with van der Waals surface area (Å²) in [5, 5.41) is 3.54. The van der Waals surface area contributed by atoms with Gasteiger partial charge in [-0.25, -0.2) is 0 Å². The molecule has 1 heteroatoms. The van der Waals surface area contributed by atoms with Crippen LogP contribution in [-0.2, 0) is 0 Å². The van der Waals surface area contributed by atoms with E-state index in [0.29, 0.717) is 5.41 Å². The number of hydrogen-bond acceptors (Lipinski definition) is 1. The molecule has 0 saturated heterocycles. The third-order valence-electron chi connectivity index (χ3n) is 2.66. The summed E-state index contributed by atoms with van der Waals surface area (Å²) < 4.78 is 0. The van der Waals surface area contributed by atoms with Gasteiger partial charge in [0.1, 0.15) is 0 Å². The highest BCUT2D eigenvalue weighted by Crippen LogP contribution is 2.36.